The lowest BCUT2D eigenvalue weighted by molar-refractivity contribution is -0.145. The molecule has 0 unspecified atom stereocenters. The zero-order valence-corrected chi connectivity index (χ0v) is 10.9. The number of rotatable bonds is 7. The molecule has 0 radical (unpaired) electrons. The van der Waals surface area contributed by atoms with Crippen LogP contribution in [0.1, 0.15) is 32.1 Å². The predicted molar refractivity (Wildman–Crippen MR) is 64.9 cm³/mol. The Bertz CT molecular complexity index is 337. The summed E-state index contributed by atoms with van der Waals surface area (Å²) in [4.78, 5) is 36.7. The first-order valence-electron chi connectivity index (χ1n) is 6.13. The van der Waals surface area contributed by atoms with Gasteiger partial charge in [0.15, 0.2) is 0 Å². The molecule has 0 bridgehead atoms. The Hall–Kier alpha value is -1.59. The molecule has 102 valence electrons. The van der Waals surface area contributed by atoms with Crippen LogP contribution in [0.4, 0.5) is 0 Å². The average molecular weight is 256 g/mol. The highest BCUT2D eigenvalue weighted by Gasteiger charge is 2.33. The molecule has 6 heteroatoms. The molecular formula is C12H20N2O4. The van der Waals surface area contributed by atoms with Gasteiger partial charge in [-0.05, 0) is 19.3 Å². The number of hydrogen-bond donors (Lipinski definition) is 1. The number of carboxylic acids is 1. The van der Waals surface area contributed by atoms with Crippen LogP contribution in [0.15, 0.2) is 0 Å². The molecule has 1 fully saturated rings. The molecular weight excluding hydrogens is 236 g/mol. The smallest absolute Gasteiger partial charge is 0.323 e. The van der Waals surface area contributed by atoms with Crippen LogP contribution in [0, 0.1) is 0 Å². The molecule has 0 atom stereocenters. The van der Waals surface area contributed by atoms with Crippen LogP contribution in [-0.4, -0.2) is 59.4 Å². The zero-order chi connectivity index (χ0) is 13.7. The van der Waals surface area contributed by atoms with Crippen molar-refractivity contribution in [1.82, 2.24) is 9.80 Å². The van der Waals surface area contributed by atoms with Gasteiger partial charge in [0.1, 0.15) is 6.54 Å². The lowest BCUT2D eigenvalue weighted by atomic mass is 10.2. The highest BCUT2D eigenvalue weighted by atomic mass is 16.4. The third kappa shape index (κ3) is 4.73. The summed E-state index contributed by atoms with van der Waals surface area (Å²) in [5, 5.41) is 8.74. The van der Waals surface area contributed by atoms with Crippen molar-refractivity contribution in [3.05, 3.63) is 0 Å². The van der Waals surface area contributed by atoms with Gasteiger partial charge in [-0.2, -0.15) is 0 Å². The van der Waals surface area contributed by atoms with Gasteiger partial charge in [-0.15, -0.1) is 0 Å². The number of carboxylic acid groups (broad SMARTS) is 1. The molecule has 0 aliphatic heterocycles. The molecule has 6 nitrogen and oxygen atoms in total. The van der Waals surface area contributed by atoms with E-state index >= 15 is 0 Å². The van der Waals surface area contributed by atoms with Gasteiger partial charge in [0.2, 0.25) is 11.8 Å². The fourth-order valence-corrected chi connectivity index (χ4v) is 1.71. The summed E-state index contributed by atoms with van der Waals surface area (Å²) in [7, 11) is 3.34. The van der Waals surface area contributed by atoms with Gasteiger partial charge >= 0.3 is 5.97 Å². The monoisotopic (exact) mass is 256 g/mol. The summed E-state index contributed by atoms with van der Waals surface area (Å²) in [5.74, 6) is -1.16. The molecule has 1 rings (SSSR count). The molecule has 2 amide bonds. The topological polar surface area (TPSA) is 77.9 Å². The maximum Gasteiger partial charge on any atom is 0.323 e. The Labute approximate surface area is 107 Å². The van der Waals surface area contributed by atoms with Crippen molar-refractivity contribution in [2.24, 2.45) is 0 Å². The minimum Gasteiger partial charge on any atom is -0.480 e. The second-order valence-corrected chi connectivity index (χ2v) is 4.79. The summed E-state index contributed by atoms with van der Waals surface area (Å²) in [6, 6.07) is 0.0955. The number of amides is 2. The molecule has 1 aliphatic rings. The van der Waals surface area contributed by atoms with Crippen LogP contribution >= 0.6 is 0 Å². The van der Waals surface area contributed by atoms with Crippen LogP contribution in [0.5, 0.6) is 0 Å². The van der Waals surface area contributed by atoms with Crippen molar-refractivity contribution in [2.75, 3.05) is 20.6 Å². The van der Waals surface area contributed by atoms with Gasteiger partial charge in [-0.3, -0.25) is 14.4 Å². The van der Waals surface area contributed by atoms with Crippen LogP contribution in [-0.2, 0) is 14.4 Å². The second-order valence-electron chi connectivity index (χ2n) is 4.79. The molecule has 0 saturated heterocycles. The van der Waals surface area contributed by atoms with Gasteiger partial charge in [0.05, 0.1) is 0 Å². The van der Waals surface area contributed by atoms with E-state index < -0.39 is 5.97 Å². The Morgan fingerprint density at radius 1 is 1.11 bits per heavy atom. The summed E-state index contributed by atoms with van der Waals surface area (Å²) < 4.78 is 0. The first-order chi connectivity index (χ1) is 8.41. The zero-order valence-electron chi connectivity index (χ0n) is 10.9. The number of hydrogen-bond acceptors (Lipinski definition) is 3. The van der Waals surface area contributed by atoms with Gasteiger partial charge < -0.3 is 14.9 Å². The third-order valence-corrected chi connectivity index (χ3v) is 2.89. The van der Waals surface area contributed by atoms with Crippen LogP contribution in [0.2, 0.25) is 0 Å². The normalized spacial score (nSPS) is 14.1. The first-order valence-corrected chi connectivity index (χ1v) is 6.13. The predicted octanol–water partition coefficient (Wildman–Crippen LogP) is 0.320. The summed E-state index contributed by atoms with van der Waals surface area (Å²) in [6.07, 6.45) is 2.80. The van der Waals surface area contributed by atoms with Crippen LogP contribution < -0.4 is 0 Å². The minimum atomic E-state index is -0.986. The number of aliphatic carboxylic acids is 1. The van der Waals surface area contributed by atoms with Gasteiger partial charge in [-0.25, -0.2) is 0 Å². The van der Waals surface area contributed by atoms with E-state index in [2.05, 4.69) is 0 Å². The molecule has 1 saturated carbocycles. The quantitative estimate of drug-likeness (QED) is 0.711. The largest absolute Gasteiger partial charge is 0.480 e. The lowest BCUT2D eigenvalue weighted by Crippen LogP contribution is -2.37. The van der Waals surface area contributed by atoms with Gasteiger partial charge in [-0.1, -0.05) is 0 Å². The first kappa shape index (κ1) is 14.5. The maximum atomic E-state index is 11.8. The van der Waals surface area contributed by atoms with E-state index in [1.807, 2.05) is 0 Å². The van der Waals surface area contributed by atoms with Gasteiger partial charge in [0, 0.05) is 33.0 Å². The van der Waals surface area contributed by atoms with Crippen molar-refractivity contribution in [3.63, 3.8) is 0 Å². The molecule has 0 aromatic rings. The Balaban J connectivity index is 2.33. The van der Waals surface area contributed by atoms with E-state index in [-0.39, 0.29) is 30.8 Å². The SMILES string of the molecule is CN(C)C(=O)CCCC(=O)N(CC(=O)O)C1CC1. The lowest BCUT2D eigenvalue weighted by Gasteiger charge is -2.20. The van der Waals surface area contributed by atoms with E-state index in [1.165, 1.54) is 9.80 Å². The number of carbonyl (C=O) groups is 3. The Morgan fingerprint density at radius 3 is 2.11 bits per heavy atom. The molecule has 18 heavy (non-hydrogen) atoms. The van der Waals surface area contributed by atoms with E-state index in [1.54, 1.807) is 14.1 Å². The summed E-state index contributed by atoms with van der Waals surface area (Å²) in [6.45, 7) is -0.231. The molecule has 0 aromatic heterocycles. The maximum absolute atomic E-state index is 11.8. The molecule has 1 aliphatic carbocycles. The van der Waals surface area contributed by atoms with Crippen molar-refractivity contribution in [1.29, 1.82) is 0 Å². The number of nitrogens with zero attached hydrogens (tertiary/aromatic N) is 2. The van der Waals surface area contributed by atoms with Crippen molar-refractivity contribution < 1.29 is 19.5 Å². The van der Waals surface area contributed by atoms with Crippen molar-refractivity contribution >= 4 is 17.8 Å². The van der Waals surface area contributed by atoms with Gasteiger partial charge in [0.25, 0.3) is 0 Å². The van der Waals surface area contributed by atoms with Crippen LogP contribution in [0.3, 0.4) is 0 Å². The summed E-state index contributed by atoms with van der Waals surface area (Å²) >= 11 is 0. The van der Waals surface area contributed by atoms with Crippen LogP contribution in [0.25, 0.3) is 0 Å². The summed E-state index contributed by atoms with van der Waals surface area (Å²) in [5.41, 5.74) is 0. The van der Waals surface area contributed by atoms with Crippen molar-refractivity contribution in [2.45, 2.75) is 38.1 Å². The fraction of sp³-hybridized carbons (Fsp3) is 0.750. The van der Waals surface area contributed by atoms with E-state index in [9.17, 15) is 14.4 Å². The molecule has 0 spiro atoms. The van der Waals surface area contributed by atoms with E-state index in [4.69, 9.17) is 5.11 Å². The standard InChI is InChI=1S/C12H20N2O4/c1-13(2)10(15)4-3-5-11(16)14(8-12(17)18)9-6-7-9/h9H,3-8H2,1-2H3,(H,17,18). The molecule has 0 heterocycles. The second kappa shape index (κ2) is 6.37. The Kier molecular flexibility index (Phi) is 5.12. The molecule has 1 N–H and O–H groups in total. The van der Waals surface area contributed by atoms with E-state index in [0.717, 1.165) is 12.8 Å². The average Bonchev–Trinajstić information content (AvgIpc) is 3.08. The van der Waals surface area contributed by atoms with Crippen molar-refractivity contribution in [3.8, 4) is 0 Å². The molecule has 0 aromatic carbocycles. The fourth-order valence-electron chi connectivity index (χ4n) is 1.71. The third-order valence-electron chi connectivity index (χ3n) is 2.89. The highest BCUT2D eigenvalue weighted by Crippen LogP contribution is 2.27. The van der Waals surface area contributed by atoms with E-state index in [0.29, 0.717) is 12.8 Å². The highest BCUT2D eigenvalue weighted by molar-refractivity contribution is 5.82. The number of carbonyl (C=O) groups excluding carboxylic acids is 2. The Morgan fingerprint density at radius 2 is 1.67 bits per heavy atom. The minimum absolute atomic E-state index is 0.0148.